The van der Waals surface area contributed by atoms with Crippen LogP contribution in [0.2, 0.25) is 0 Å². The summed E-state index contributed by atoms with van der Waals surface area (Å²) in [5, 5.41) is 16.0. The molecule has 1 aromatic carbocycles. The number of hydrogen-bond acceptors (Lipinski definition) is 6. The van der Waals surface area contributed by atoms with E-state index in [2.05, 4.69) is 26.2 Å². The largest absolute Gasteiger partial charge is 0.274 e. The second kappa shape index (κ2) is 2.63. The Labute approximate surface area is 79.6 Å². The second-order valence-corrected chi connectivity index (χ2v) is 2.88. The van der Waals surface area contributed by atoms with Crippen LogP contribution in [0.3, 0.4) is 0 Å². The van der Waals surface area contributed by atoms with E-state index in [9.17, 15) is 0 Å². The summed E-state index contributed by atoms with van der Waals surface area (Å²) in [6, 6.07) is 7.87. The molecule has 3 rings (SSSR count). The summed E-state index contributed by atoms with van der Waals surface area (Å²) >= 11 is 0. The van der Waals surface area contributed by atoms with Gasteiger partial charge in [0, 0.05) is 5.56 Å². The zero-order chi connectivity index (χ0) is 9.38. The van der Waals surface area contributed by atoms with Gasteiger partial charge in [0.2, 0.25) is 0 Å². The Morgan fingerprint density at radius 1 is 1.14 bits per heavy atom. The Balaban J connectivity index is 2.13. The molecule has 0 aliphatic carbocycles. The highest BCUT2D eigenvalue weighted by Crippen LogP contribution is 2.28. The van der Waals surface area contributed by atoms with Crippen LogP contribution in [0.15, 0.2) is 50.9 Å². The molecule has 0 saturated heterocycles. The number of anilines is 1. The van der Waals surface area contributed by atoms with Gasteiger partial charge in [0.15, 0.2) is 5.82 Å². The van der Waals surface area contributed by atoms with Crippen molar-refractivity contribution in [2.24, 2.45) is 20.8 Å². The van der Waals surface area contributed by atoms with Crippen molar-refractivity contribution in [2.45, 2.75) is 0 Å². The number of rotatable bonds is 0. The zero-order valence-electron chi connectivity index (χ0n) is 7.12. The number of para-hydroxylation sites is 1. The van der Waals surface area contributed by atoms with Crippen molar-refractivity contribution >= 4 is 11.8 Å². The standard InChI is InChI=1S/C8H6N6/c1-2-4-7-6(3-1)5-8-9-11-12-13-14(8)10-7/h1-5,10H. The highest BCUT2D eigenvalue weighted by molar-refractivity contribution is 5.70. The maximum atomic E-state index is 3.84. The Hall–Kier alpha value is -2.24. The van der Waals surface area contributed by atoms with Gasteiger partial charge in [-0.05, 0) is 27.8 Å². The van der Waals surface area contributed by atoms with Crippen LogP contribution in [0, 0.1) is 0 Å². The van der Waals surface area contributed by atoms with E-state index >= 15 is 0 Å². The molecule has 0 radical (unpaired) electrons. The minimum absolute atomic E-state index is 0.638. The van der Waals surface area contributed by atoms with Crippen LogP contribution < -0.4 is 5.43 Å². The van der Waals surface area contributed by atoms with Gasteiger partial charge in [-0.3, -0.25) is 5.43 Å². The third-order valence-corrected chi connectivity index (χ3v) is 2.01. The van der Waals surface area contributed by atoms with E-state index in [0.717, 1.165) is 11.3 Å². The molecule has 6 nitrogen and oxygen atoms in total. The molecule has 1 N–H and O–H groups in total. The summed E-state index contributed by atoms with van der Waals surface area (Å²) in [6.45, 7) is 0. The summed E-state index contributed by atoms with van der Waals surface area (Å²) in [5.41, 5.74) is 5.09. The molecule has 0 saturated carbocycles. The lowest BCUT2D eigenvalue weighted by molar-refractivity contribution is 0.369. The first-order valence-electron chi connectivity index (χ1n) is 4.13. The summed E-state index contributed by atoms with van der Waals surface area (Å²) in [5.74, 6) is 0.638. The molecule has 2 aliphatic heterocycles. The fraction of sp³-hybridized carbons (Fsp3) is 0. The van der Waals surface area contributed by atoms with Crippen LogP contribution in [0.5, 0.6) is 0 Å². The monoisotopic (exact) mass is 186 g/mol. The summed E-state index contributed by atoms with van der Waals surface area (Å²) in [6.07, 6.45) is 1.90. The third-order valence-electron chi connectivity index (χ3n) is 2.01. The maximum absolute atomic E-state index is 3.84. The lowest BCUT2D eigenvalue weighted by Gasteiger charge is -2.24. The molecule has 0 atom stereocenters. The number of hydrogen-bond donors (Lipinski definition) is 1. The topological polar surface area (TPSA) is 64.7 Å². The molecule has 6 heteroatoms. The Morgan fingerprint density at radius 3 is 3.07 bits per heavy atom. The van der Waals surface area contributed by atoms with Gasteiger partial charge in [0.25, 0.3) is 0 Å². The van der Waals surface area contributed by atoms with Gasteiger partial charge in [-0.2, -0.15) is 0 Å². The lowest BCUT2D eigenvalue weighted by Crippen LogP contribution is -2.26. The molecule has 2 heterocycles. The van der Waals surface area contributed by atoms with Crippen molar-refractivity contribution in [2.75, 3.05) is 5.43 Å². The van der Waals surface area contributed by atoms with Crippen molar-refractivity contribution in [1.82, 2.24) is 5.12 Å². The quantitative estimate of drug-likeness (QED) is 0.675. The number of benzene rings is 1. The van der Waals surface area contributed by atoms with E-state index in [-0.39, 0.29) is 0 Å². The second-order valence-electron chi connectivity index (χ2n) is 2.88. The van der Waals surface area contributed by atoms with E-state index in [1.807, 2.05) is 30.3 Å². The first-order valence-corrected chi connectivity index (χ1v) is 4.13. The molecule has 0 unspecified atom stereocenters. The molecular formula is C8H6N6. The highest BCUT2D eigenvalue weighted by atomic mass is 15.8. The first kappa shape index (κ1) is 7.19. The smallest absolute Gasteiger partial charge is 0.198 e. The molecule has 0 spiro atoms. The van der Waals surface area contributed by atoms with Crippen LogP contribution in [-0.2, 0) is 0 Å². The number of hydrazine groups is 1. The number of nitrogens with zero attached hydrogens (tertiary/aromatic N) is 5. The highest BCUT2D eigenvalue weighted by Gasteiger charge is 2.18. The average molecular weight is 186 g/mol. The van der Waals surface area contributed by atoms with Gasteiger partial charge >= 0.3 is 0 Å². The lowest BCUT2D eigenvalue weighted by atomic mass is 10.1. The predicted octanol–water partition coefficient (Wildman–Crippen LogP) is 2.38. The van der Waals surface area contributed by atoms with Crippen molar-refractivity contribution in [3.8, 4) is 0 Å². The van der Waals surface area contributed by atoms with Crippen LogP contribution in [0.4, 0.5) is 5.69 Å². The summed E-state index contributed by atoms with van der Waals surface area (Å²) < 4.78 is 0. The van der Waals surface area contributed by atoms with Crippen molar-refractivity contribution in [3.63, 3.8) is 0 Å². The van der Waals surface area contributed by atoms with Crippen molar-refractivity contribution in [1.29, 1.82) is 0 Å². The zero-order valence-corrected chi connectivity index (χ0v) is 7.12. The fourth-order valence-electron chi connectivity index (χ4n) is 1.36. The molecule has 0 amide bonds. The Kier molecular flexibility index (Phi) is 1.35. The fourth-order valence-corrected chi connectivity index (χ4v) is 1.36. The summed E-state index contributed by atoms with van der Waals surface area (Å²) in [7, 11) is 0. The maximum Gasteiger partial charge on any atom is 0.198 e. The van der Waals surface area contributed by atoms with Crippen LogP contribution in [0.1, 0.15) is 5.56 Å². The summed E-state index contributed by atoms with van der Waals surface area (Å²) in [4.78, 5) is 0. The van der Waals surface area contributed by atoms with E-state index in [0.29, 0.717) is 5.82 Å². The van der Waals surface area contributed by atoms with Gasteiger partial charge in [0.05, 0.1) is 5.69 Å². The van der Waals surface area contributed by atoms with Gasteiger partial charge in [-0.25, -0.2) is 0 Å². The van der Waals surface area contributed by atoms with E-state index in [1.54, 1.807) is 0 Å². The molecule has 14 heavy (non-hydrogen) atoms. The minimum atomic E-state index is 0.638. The van der Waals surface area contributed by atoms with Gasteiger partial charge in [-0.1, -0.05) is 18.2 Å². The van der Waals surface area contributed by atoms with E-state index < -0.39 is 0 Å². The SMILES string of the molecule is C1=C2N=NN=NN2Nc2ccccc21. The van der Waals surface area contributed by atoms with Gasteiger partial charge < -0.3 is 0 Å². The van der Waals surface area contributed by atoms with Gasteiger partial charge in [-0.15, -0.1) is 10.2 Å². The molecule has 0 bridgehead atoms. The average Bonchev–Trinajstić information content (AvgIpc) is 2.26. The van der Waals surface area contributed by atoms with Crippen molar-refractivity contribution < 1.29 is 0 Å². The number of fused-ring (bicyclic) bond motifs is 2. The van der Waals surface area contributed by atoms with E-state index in [1.165, 1.54) is 5.12 Å². The normalized spacial score (nSPS) is 16.9. The molecule has 2 aliphatic rings. The number of nitrogens with one attached hydrogen (secondary N) is 1. The van der Waals surface area contributed by atoms with Gasteiger partial charge in [0.1, 0.15) is 0 Å². The first-order chi connectivity index (χ1) is 6.93. The molecule has 0 aromatic heterocycles. The van der Waals surface area contributed by atoms with Crippen LogP contribution in [-0.4, -0.2) is 5.12 Å². The minimum Gasteiger partial charge on any atom is -0.274 e. The molecular weight excluding hydrogens is 180 g/mol. The molecule has 68 valence electrons. The van der Waals surface area contributed by atoms with Crippen molar-refractivity contribution in [3.05, 3.63) is 35.6 Å². The third kappa shape index (κ3) is 0.972. The Morgan fingerprint density at radius 2 is 2.07 bits per heavy atom. The molecule has 1 aromatic rings. The van der Waals surface area contributed by atoms with E-state index in [4.69, 9.17) is 0 Å². The Bertz CT molecular complexity index is 461. The molecule has 0 fully saturated rings. The van der Waals surface area contributed by atoms with Crippen LogP contribution in [0.25, 0.3) is 6.08 Å². The van der Waals surface area contributed by atoms with Crippen LogP contribution >= 0.6 is 0 Å². The predicted molar refractivity (Wildman–Crippen MR) is 49.6 cm³/mol.